The van der Waals surface area contributed by atoms with E-state index in [2.05, 4.69) is 22.6 Å². The number of rotatable bonds is 2. The Morgan fingerprint density at radius 1 is 1.33 bits per heavy atom. The van der Waals surface area contributed by atoms with E-state index in [9.17, 15) is 13.5 Å². The van der Waals surface area contributed by atoms with Crippen molar-refractivity contribution in [1.29, 1.82) is 0 Å². The molecule has 0 aliphatic carbocycles. The fourth-order valence-electron chi connectivity index (χ4n) is 2.14. The van der Waals surface area contributed by atoms with E-state index < -0.39 is 15.6 Å². The first kappa shape index (κ1) is 14.2. The maximum Gasteiger partial charge on any atom is 0.243 e. The van der Waals surface area contributed by atoms with E-state index in [4.69, 9.17) is 0 Å². The third-order valence-corrected chi connectivity index (χ3v) is 5.67. The summed E-state index contributed by atoms with van der Waals surface area (Å²) in [4.78, 5) is 0.292. The van der Waals surface area contributed by atoms with Gasteiger partial charge < -0.3 is 5.11 Å². The molecule has 0 aromatic heterocycles. The minimum Gasteiger partial charge on any atom is -0.389 e. The number of hydrogen-bond donors (Lipinski definition) is 1. The first-order valence-electron chi connectivity index (χ1n) is 5.79. The lowest BCUT2D eigenvalue weighted by Gasteiger charge is -2.35. The summed E-state index contributed by atoms with van der Waals surface area (Å²) in [5.74, 6) is 0. The van der Waals surface area contributed by atoms with E-state index in [1.807, 2.05) is 0 Å². The van der Waals surface area contributed by atoms with Crippen LogP contribution >= 0.6 is 22.6 Å². The van der Waals surface area contributed by atoms with Crippen LogP contribution in [0.3, 0.4) is 0 Å². The minimum absolute atomic E-state index is 0.168. The van der Waals surface area contributed by atoms with Crippen LogP contribution < -0.4 is 0 Å². The van der Waals surface area contributed by atoms with E-state index >= 15 is 0 Å². The molecule has 100 valence electrons. The van der Waals surface area contributed by atoms with Crippen molar-refractivity contribution in [3.05, 3.63) is 27.8 Å². The molecule has 1 heterocycles. The van der Waals surface area contributed by atoms with Gasteiger partial charge in [0.2, 0.25) is 10.0 Å². The van der Waals surface area contributed by atoms with Crippen molar-refractivity contribution in [2.45, 2.75) is 30.3 Å². The Balaban J connectivity index is 2.28. The van der Waals surface area contributed by atoms with E-state index in [0.717, 1.165) is 3.57 Å². The number of β-amino-alcohol motifs (C(OH)–C–C–N with tert-alkyl or cyclic N) is 1. The van der Waals surface area contributed by atoms with Gasteiger partial charge in [-0.15, -0.1) is 0 Å². The lowest BCUT2D eigenvalue weighted by atomic mass is 9.97. The highest BCUT2D eigenvalue weighted by Gasteiger charge is 2.35. The average molecular weight is 381 g/mol. The molecule has 6 heteroatoms. The molecule has 1 atom stereocenters. The number of aliphatic hydroxyl groups is 1. The molecule has 1 fully saturated rings. The second kappa shape index (κ2) is 5.07. The molecule has 1 aromatic rings. The molecule has 1 unspecified atom stereocenters. The molecule has 18 heavy (non-hydrogen) atoms. The van der Waals surface area contributed by atoms with E-state index in [0.29, 0.717) is 24.3 Å². The van der Waals surface area contributed by atoms with Crippen LogP contribution in [0.1, 0.15) is 19.8 Å². The van der Waals surface area contributed by atoms with Crippen molar-refractivity contribution in [2.24, 2.45) is 0 Å². The van der Waals surface area contributed by atoms with Gasteiger partial charge in [0.05, 0.1) is 10.5 Å². The second-order valence-corrected chi connectivity index (χ2v) is 8.08. The molecular weight excluding hydrogens is 365 g/mol. The molecule has 1 aliphatic heterocycles. The van der Waals surface area contributed by atoms with Crippen LogP contribution in [-0.4, -0.2) is 36.5 Å². The van der Waals surface area contributed by atoms with E-state index in [1.54, 1.807) is 31.2 Å². The van der Waals surface area contributed by atoms with Gasteiger partial charge in [-0.05, 0) is 66.6 Å². The van der Waals surface area contributed by atoms with Crippen LogP contribution in [0.5, 0.6) is 0 Å². The quantitative estimate of drug-likeness (QED) is 0.796. The summed E-state index contributed by atoms with van der Waals surface area (Å²) in [5.41, 5.74) is -0.922. The lowest BCUT2D eigenvalue weighted by molar-refractivity contribution is 0.00940. The zero-order chi connectivity index (χ0) is 13.4. The summed E-state index contributed by atoms with van der Waals surface area (Å²) in [6.07, 6.45) is 1.34. The predicted molar refractivity (Wildman–Crippen MR) is 77.8 cm³/mol. The van der Waals surface area contributed by atoms with Gasteiger partial charge in [-0.2, -0.15) is 4.31 Å². The first-order valence-corrected chi connectivity index (χ1v) is 8.31. The van der Waals surface area contributed by atoms with Crippen LogP contribution in [-0.2, 0) is 10.0 Å². The maximum atomic E-state index is 12.4. The molecule has 0 bridgehead atoms. The Kier molecular flexibility index (Phi) is 4.01. The van der Waals surface area contributed by atoms with E-state index in [1.165, 1.54) is 4.31 Å². The Morgan fingerprint density at radius 2 is 1.94 bits per heavy atom. The first-order chi connectivity index (χ1) is 8.31. The molecule has 1 aromatic carbocycles. The number of halogens is 1. The van der Waals surface area contributed by atoms with Crippen molar-refractivity contribution in [3.8, 4) is 0 Å². The van der Waals surface area contributed by atoms with Gasteiger partial charge in [0.1, 0.15) is 0 Å². The van der Waals surface area contributed by atoms with Gasteiger partial charge in [-0.1, -0.05) is 0 Å². The van der Waals surface area contributed by atoms with Crippen LogP contribution in [0.2, 0.25) is 0 Å². The average Bonchev–Trinajstić information content (AvgIpc) is 2.28. The molecule has 4 nitrogen and oxygen atoms in total. The molecule has 1 aliphatic rings. The molecule has 2 rings (SSSR count). The summed E-state index contributed by atoms with van der Waals surface area (Å²) in [7, 11) is -3.48. The number of nitrogens with zero attached hydrogens (tertiary/aromatic N) is 1. The maximum absolute atomic E-state index is 12.4. The molecular formula is C12H16INO3S. The molecule has 1 saturated heterocycles. The number of hydrogen-bond acceptors (Lipinski definition) is 3. The number of piperidine rings is 1. The molecule has 0 amide bonds. The van der Waals surface area contributed by atoms with Crippen molar-refractivity contribution in [3.63, 3.8) is 0 Å². The molecule has 0 radical (unpaired) electrons. The monoisotopic (exact) mass is 381 g/mol. The van der Waals surface area contributed by atoms with Crippen LogP contribution in [0.25, 0.3) is 0 Å². The van der Waals surface area contributed by atoms with Gasteiger partial charge in [-0.3, -0.25) is 0 Å². The lowest BCUT2D eigenvalue weighted by Crippen LogP contribution is -2.48. The zero-order valence-electron chi connectivity index (χ0n) is 10.1. The molecule has 1 N–H and O–H groups in total. The highest BCUT2D eigenvalue weighted by molar-refractivity contribution is 14.1. The fourth-order valence-corrected chi connectivity index (χ4v) is 4.09. The number of benzene rings is 1. The summed E-state index contributed by atoms with van der Waals surface area (Å²) < 4.78 is 27.2. The predicted octanol–water partition coefficient (Wildman–Crippen LogP) is 1.83. The van der Waals surface area contributed by atoms with E-state index in [-0.39, 0.29) is 6.54 Å². The van der Waals surface area contributed by atoms with Crippen LogP contribution in [0.4, 0.5) is 0 Å². The van der Waals surface area contributed by atoms with Crippen LogP contribution in [0, 0.1) is 3.57 Å². The van der Waals surface area contributed by atoms with Crippen molar-refractivity contribution >= 4 is 32.6 Å². The Hall–Kier alpha value is -0.180. The summed E-state index contributed by atoms with van der Waals surface area (Å²) >= 11 is 2.14. The standard InChI is InChI=1S/C12H16INO3S/c1-12(15)7-2-8-14(9-12)18(16,17)11-5-3-10(13)4-6-11/h3-6,15H,2,7-9H2,1H3. The number of sulfonamides is 1. The van der Waals surface area contributed by atoms with Gasteiger partial charge >= 0.3 is 0 Å². The van der Waals surface area contributed by atoms with Crippen molar-refractivity contribution in [2.75, 3.05) is 13.1 Å². The van der Waals surface area contributed by atoms with Gasteiger partial charge in [-0.25, -0.2) is 8.42 Å². The van der Waals surface area contributed by atoms with Crippen molar-refractivity contribution < 1.29 is 13.5 Å². The zero-order valence-corrected chi connectivity index (χ0v) is 13.1. The second-order valence-electron chi connectivity index (χ2n) is 4.89. The normalized spacial score (nSPS) is 26.2. The largest absolute Gasteiger partial charge is 0.389 e. The Morgan fingerprint density at radius 3 is 2.50 bits per heavy atom. The third kappa shape index (κ3) is 3.04. The molecule has 0 saturated carbocycles. The SMILES string of the molecule is CC1(O)CCCN(S(=O)(=O)c2ccc(I)cc2)C1. The van der Waals surface area contributed by atoms with Gasteiger partial charge in [0, 0.05) is 16.7 Å². The third-order valence-electron chi connectivity index (χ3n) is 3.09. The smallest absolute Gasteiger partial charge is 0.243 e. The Labute approximate surface area is 121 Å². The van der Waals surface area contributed by atoms with Crippen LogP contribution in [0.15, 0.2) is 29.2 Å². The topological polar surface area (TPSA) is 57.6 Å². The highest BCUT2D eigenvalue weighted by Crippen LogP contribution is 2.26. The summed E-state index contributed by atoms with van der Waals surface area (Å²) in [5, 5.41) is 9.99. The summed E-state index contributed by atoms with van der Waals surface area (Å²) in [6, 6.07) is 6.77. The molecule has 0 spiro atoms. The fraction of sp³-hybridized carbons (Fsp3) is 0.500. The van der Waals surface area contributed by atoms with Gasteiger partial charge in [0.25, 0.3) is 0 Å². The highest BCUT2D eigenvalue weighted by atomic mass is 127. The van der Waals surface area contributed by atoms with Gasteiger partial charge in [0.15, 0.2) is 0 Å². The minimum atomic E-state index is -3.48. The Bertz CT molecular complexity index is 525. The van der Waals surface area contributed by atoms with Crippen molar-refractivity contribution in [1.82, 2.24) is 4.31 Å². The summed E-state index contributed by atoms with van der Waals surface area (Å²) in [6.45, 7) is 2.33.